The summed E-state index contributed by atoms with van der Waals surface area (Å²) in [5.41, 5.74) is -0.205. The second-order valence-corrected chi connectivity index (χ2v) is 11.5. The summed E-state index contributed by atoms with van der Waals surface area (Å²) in [4.78, 5) is 54.7. The van der Waals surface area contributed by atoms with Gasteiger partial charge in [0.25, 0.3) is 5.91 Å². The number of piperidine rings is 2. The molecule has 3 amide bonds. The summed E-state index contributed by atoms with van der Waals surface area (Å²) in [7, 11) is 0. The van der Waals surface area contributed by atoms with E-state index in [1.54, 1.807) is 30.0 Å². The predicted molar refractivity (Wildman–Crippen MR) is 148 cm³/mol. The lowest BCUT2D eigenvalue weighted by Gasteiger charge is -2.45. The summed E-state index contributed by atoms with van der Waals surface area (Å²) in [5.74, 6) is -0.469. The van der Waals surface area contributed by atoms with E-state index in [9.17, 15) is 19.2 Å². The van der Waals surface area contributed by atoms with Crippen molar-refractivity contribution in [3.63, 3.8) is 0 Å². The number of benzene rings is 1. The fraction of sp³-hybridized carbons (Fsp3) is 0.655. The van der Waals surface area contributed by atoms with E-state index in [0.29, 0.717) is 43.2 Å². The number of rotatable bonds is 8. The molecule has 3 saturated heterocycles. The second-order valence-electron chi connectivity index (χ2n) is 11.5. The van der Waals surface area contributed by atoms with E-state index in [1.165, 1.54) is 0 Å². The number of ether oxygens (including phenoxy) is 3. The summed E-state index contributed by atoms with van der Waals surface area (Å²) in [6.45, 7) is 10.6. The molecule has 3 aliphatic rings. The lowest BCUT2D eigenvalue weighted by Crippen LogP contribution is -2.53. The van der Waals surface area contributed by atoms with E-state index in [0.717, 1.165) is 38.6 Å². The Kier molecular flexibility index (Phi) is 9.22. The highest BCUT2D eigenvalue weighted by atomic mass is 16.6. The van der Waals surface area contributed by atoms with Crippen LogP contribution in [-0.2, 0) is 19.1 Å². The van der Waals surface area contributed by atoms with Crippen molar-refractivity contribution in [3.8, 4) is 5.75 Å². The lowest BCUT2D eigenvalue weighted by molar-refractivity contribution is -0.154. The summed E-state index contributed by atoms with van der Waals surface area (Å²) in [6.07, 6.45) is 4.14. The number of nitrogens with zero attached hydrogens (tertiary/aromatic N) is 2. The van der Waals surface area contributed by atoms with Crippen LogP contribution in [0.25, 0.3) is 0 Å². The maximum Gasteiger partial charge on any atom is 0.344 e. The molecule has 11 heteroatoms. The standard InChI is InChI=1S/C29H42N4O7/c1-5-30-27(37)31-23-9-8-21(39-17-24(34)38-6-2)16-22(23)25(35)32-14-10-20(11-15-32)33-13-7-12-29(19-33)18-28(3,4)40-26(29)36/h8-9,16,20H,5-7,10-15,17-19H2,1-4H3,(H2,30,31,37). The van der Waals surface area contributed by atoms with E-state index in [2.05, 4.69) is 15.5 Å². The summed E-state index contributed by atoms with van der Waals surface area (Å²) in [6, 6.07) is 4.63. The van der Waals surface area contributed by atoms with E-state index in [4.69, 9.17) is 14.2 Å². The number of hydrogen-bond donors (Lipinski definition) is 2. The van der Waals surface area contributed by atoms with Crippen molar-refractivity contribution in [2.24, 2.45) is 5.41 Å². The predicted octanol–water partition coefficient (Wildman–Crippen LogP) is 3.18. The van der Waals surface area contributed by atoms with Gasteiger partial charge in [-0.3, -0.25) is 14.5 Å². The molecule has 0 saturated carbocycles. The average molecular weight is 559 g/mol. The maximum absolute atomic E-state index is 13.7. The Labute approximate surface area is 235 Å². The number of esters is 2. The van der Waals surface area contributed by atoms with Crippen molar-refractivity contribution in [2.45, 2.75) is 71.4 Å². The Balaban J connectivity index is 1.43. The molecule has 2 N–H and O–H groups in total. The van der Waals surface area contributed by atoms with Crippen LogP contribution >= 0.6 is 0 Å². The molecule has 1 spiro atoms. The van der Waals surface area contributed by atoms with Gasteiger partial charge in [0, 0.05) is 38.6 Å². The van der Waals surface area contributed by atoms with Crippen molar-refractivity contribution in [1.29, 1.82) is 0 Å². The number of carbonyl (C=O) groups is 4. The fourth-order valence-corrected chi connectivity index (χ4v) is 6.25. The molecule has 220 valence electrons. The highest BCUT2D eigenvalue weighted by molar-refractivity contribution is 6.04. The molecule has 0 aromatic heterocycles. The van der Waals surface area contributed by atoms with E-state index < -0.39 is 23.0 Å². The molecule has 3 heterocycles. The minimum atomic E-state index is -0.504. The lowest BCUT2D eigenvalue weighted by atomic mass is 9.74. The van der Waals surface area contributed by atoms with E-state index in [1.807, 2.05) is 20.8 Å². The third kappa shape index (κ3) is 6.86. The van der Waals surface area contributed by atoms with Crippen molar-refractivity contribution >= 4 is 29.6 Å². The Hall–Kier alpha value is -3.34. The normalized spacial score (nSPS) is 23.0. The van der Waals surface area contributed by atoms with Gasteiger partial charge in [0.2, 0.25) is 0 Å². The van der Waals surface area contributed by atoms with Gasteiger partial charge in [-0.15, -0.1) is 0 Å². The first-order chi connectivity index (χ1) is 19.1. The number of amides is 3. The Bertz CT molecular complexity index is 1120. The third-order valence-corrected chi connectivity index (χ3v) is 7.91. The van der Waals surface area contributed by atoms with Crippen LogP contribution in [-0.4, -0.2) is 91.3 Å². The number of urea groups is 1. The number of anilines is 1. The van der Waals surface area contributed by atoms with Crippen LogP contribution in [0.1, 0.15) is 70.2 Å². The molecule has 0 aliphatic carbocycles. The Morgan fingerprint density at radius 3 is 2.52 bits per heavy atom. The van der Waals surface area contributed by atoms with Gasteiger partial charge in [-0.25, -0.2) is 9.59 Å². The minimum absolute atomic E-state index is 0.0768. The molecular formula is C29H42N4O7. The monoisotopic (exact) mass is 558 g/mol. The molecule has 4 rings (SSSR count). The average Bonchev–Trinajstić information content (AvgIpc) is 3.14. The molecule has 1 atom stereocenters. The van der Waals surface area contributed by atoms with Crippen LogP contribution in [0.5, 0.6) is 5.75 Å². The molecule has 0 bridgehead atoms. The molecular weight excluding hydrogens is 516 g/mol. The van der Waals surface area contributed by atoms with Crippen molar-refractivity contribution < 1.29 is 33.4 Å². The first-order valence-electron chi connectivity index (χ1n) is 14.3. The van der Waals surface area contributed by atoms with Gasteiger partial charge in [-0.2, -0.15) is 0 Å². The first kappa shape index (κ1) is 29.6. The Morgan fingerprint density at radius 2 is 1.88 bits per heavy atom. The highest BCUT2D eigenvalue weighted by Gasteiger charge is 2.54. The number of likely N-dealkylation sites (tertiary alicyclic amines) is 2. The zero-order valence-corrected chi connectivity index (χ0v) is 24.0. The van der Waals surface area contributed by atoms with Crippen LogP contribution in [0, 0.1) is 5.41 Å². The van der Waals surface area contributed by atoms with Crippen molar-refractivity contribution in [1.82, 2.24) is 15.1 Å². The van der Waals surface area contributed by atoms with E-state index >= 15 is 0 Å². The number of carbonyl (C=O) groups excluding carboxylic acids is 4. The molecule has 40 heavy (non-hydrogen) atoms. The first-order valence-corrected chi connectivity index (χ1v) is 14.3. The van der Waals surface area contributed by atoms with Crippen LogP contribution in [0.15, 0.2) is 18.2 Å². The zero-order chi connectivity index (χ0) is 28.9. The van der Waals surface area contributed by atoms with Crippen molar-refractivity contribution in [2.75, 3.05) is 51.3 Å². The van der Waals surface area contributed by atoms with Gasteiger partial charge in [0.05, 0.1) is 23.3 Å². The van der Waals surface area contributed by atoms with Crippen LogP contribution in [0.3, 0.4) is 0 Å². The van der Waals surface area contributed by atoms with Gasteiger partial charge in [-0.1, -0.05) is 0 Å². The van der Waals surface area contributed by atoms with Gasteiger partial charge in [-0.05, 0) is 78.1 Å². The van der Waals surface area contributed by atoms with Gasteiger partial charge >= 0.3 is 18.0 Å². The number of hydrogen-bond acceptors (Lipinski definition) is 8. The molecule has 11 nitrogen and oxygen atoms in total. The molecule has 1 aromatic rings. The highest BCUT2D eigenvalue weighted by Crippen LogP contribution is 2.46. The molecule has 3 aliphatic heterocycles. The second kappa shape index (κ2) is 12.4. The maximum atomic E-state index is 13.7. The Morgan fingerprint density at radius 1 is 1.12 bits per heavy atom. The number of cyclic esters (lactones) is 1. The van der Waals surface area contributed by atoms with Crippen LogP contribution < -0.4 is 15.4 Å². The molecule has 1 aromatic carbocycles. The van der Waals surface area contributed by atoms with E-state index in [-0.39, 0.29) is 31.1 Å². The summed E-state index contributed by atoms with van der Waals surface area (Å²) in [5, 5.41) is 5.42. The zero-order valence-electron chi connectivity index (χ0n) is 24.0. The van der Waals surface area contributed by atoms with Crippen LogP contribution in [0.4, 0.5) is 10.5 Å². The van der Waals surface area contributed by atoms with Gasteiger partial charge in [0.15, 0.2) is 6.61 Å². The van der Waals surface area contributed by atoms with Crippen molar-refractivity contribution in [3.05, 3.63) is 23.8 Å². The summed E-state index contributed by atoms with van der Waals surface area (Å²) >= 11 is 0. The summed E-state index contributed by atoms with van der Waals surface area (Å²) < 4.78 is 16.2. The largest absolute Gasteiger partial charge is 0.482 e. The molecule has 3 fully saturated rings. The quantitative estimate of drug-likeness (QED) is 0.466. The third-order valence-electron chi connectivity index (χ3n) is 7.91. The van der Waals surface area contributed by atoms with Gasteiger partial charge < -0.3 is 29.7 Å². The number of nitrogens with one attached hydrogen (secondary N) is 2. The topological polar surface area (TPSA) is 127 Å². The SMILES string of the molecule is CCNC(=O)Nc1ccc(OCC(=O)OCC)cc1C(=O)N1CCC(N2CCCC3(C2)CC(C)(C)OC3=O)CC1. The molecule has 1 unspecified atom stereocenters. The minimum Gasteiger partial charge on any atom is -0.482 e. The smallest absolute Gasteiger partial charge is 0.344 e. The molecule has 0 radical (unpaired) electrons. The fourth-order valence-electron chi connectivity index (χ4n) is 6.25. The van der Waals surface area contributed by atoms with Gasteiger partial charge in [0.1, 0.15) is 11.4 Å². The van der Waals surface area contributed by atoms with Crippen LogP contribution in [0.2, 0.25) is 0 Å².